The molecule has 0 unspecified atom stereocenters. The maximum absolute atomic E-state index is 15.2. The summed E-state index contributed by atoms with van der Waals surface area (Å²) in [4.78, 5) is 37.3. The average Bonchev–Trinajstić information content (AvgIpc) is 1.60. The summed E-state index contributed by atoms with van der Waals surface area (Å²) in [7, 11) is 0. The number of hydrogen-bond acceptors (Lipinski definition) is 12. The molecule has 6 aromatic carbocycles. The van der Waals surface area contributed by atoms with Crippen molar-refractivity contribution in [3.05, 3.63) is 211 Å². The summed E-state index contributed by atoms with van der Waals surface area (Å²) < 4.78 is 110. The van der Waals surface area contributed by atoms with Gasteiger partial charge >= 0.3 is 36.8 Å². The van der Waals surface area contributed by atoms with E-state index in [-0.39, 0.29) is 118 Å². The fourth-order valence-electron chi connectivity index (χ4n) is 10.2. The molecule has 0 atom stereocenters. The SMILES string of the molecule is C.CCCn1cc(-n2c(Cl)c(Sc3cccc(C(=O)O)c3F)c3ccc(Cl)c(F)c32)cn1.CCCn1cc(-n2c(Cl)c(Sc3cccc(C(=O)OCC)c3F)c3ccc(Cl)c(F)c32)cn1.CCCn1cc(-n2cc(Sc3cccc(C(=O)OCC)c3F)c3ccc(Cl)c(F)c32)cn1.O.[Li+].[OH-]. The fraction of sp³-hybridized carbons (Fsp3) is 0.206. The Morgan fingerprint density at radius 3 is 1.20 bits per heavy atom. The van der Waals surface area contributed by atoms with Crippen LogP contribution in [0.4, 0.5) is 26.3 Å². The van der Waals surface area contributed by atoms with Crippen LogP contribution < -0.4 is 18.9 Å². The van der Waals surface area contributed by atoms with Crippen LogP contribution >= 0.6 is 93.3 Å². The zero-order valence-corrected chi connectivity index (χ0v) is 59.4. The number of esters is 2. The first-order valence-electron chi connectivity index (χ1n) is 29.5. The van der Waals surface area contributed by atoms with Crippen molar-refractivity contribution in [2.45, 2.75) is 110 Å². The number of halogens is 11. The van der Waals surface area contributed by atoms with Crippen LogP contribution in [-0.2, 0) is 29.1 Å². The maximum Gasteiger partial charge on any atom is 1.00 e. The fourth-order valence-corrected chi connectivity index (χ4v) is 14.5. The average molecular weight is 1530 g/mol. The minimum atomic E-state index is -1.38. The molecule has 17 nitrogen and oxygen atoms in total. The van der Waals surface area contributed by atoms with Crippen molar-refractivity contribution >= 4 is 144 Å². The van der Waals surface area contributed by atoms with E-state index in [0.29, 0.717) is 61.0 Å². The number of ether oxygens (including phenoxy) is 2. The zero-order chi connectivity index (χ0) is 68.8. The van der Waals surface area contributed by atoms with Gasteiger partial charge in [-0.05, 0) is 106 Å². The van der Waals surface area contributed by atoms with E-state index in [9.17, 15) is 23.9 Å². The molecular formula is C68H61Cl5F6LiN9O8S3. The molecule has 0 aliphatic carbocycles. The van der Waals surface area contributed by atoms with Gasteiger partial charge in [0.15, 0.2) is 34.9 Å². The number of carbonyl (C=O) groups is 3. The number of carbonyl (C=O) groups excluding carboxylic acids is 2. The molecule has 6 aromatic heterocycles. The van der Waals surface area contributed by atoms with E-state index >= 15 is 22.0 Å². The first-order chi connectivity index (χ1) is 46.1. The number of nitrogens with zero attached hydrogens (tertiary/aromatic N) is 9. The Labute approximate surface area is 619 Å². The van der Waals surface area contributed by atoms with Crippen LogP contribution in [0.2, 0.25) is 25.4 Å². The van der Waals surface area contributed by atoms with Crippen molar-refractivity contribution in [3.8, 4) is 17.1 Å². The number of aromatic nitrogens is 9. The van der Waals surface area contributed by atoms with Gasteiger partial charge in [-0.3, -0.25) is 23.2 Å². The van der Waals surface area contributed by atoms with E-state index in [1.807, 2.05) is 27.0 Å². The van der Waals surface area contributed by atoms with Crippen LogP contribution in [0, 0.1) is 34.9 Å². The molecule has 0 radical (unpaired) electrons. The second-order valence-corrected chi connectivity index (χ2v) is 26.0. The van der Waals surface area contributed by atoms with E-state index in [2.05, 4.69) is 15.3 Å². The summed E-state index contributed by atoms with van der Waals surface area (Å²) in [5, 5.41) is 23.7. The molecule has 0 amide bonds. The van der Waals surface area contributed by atoms with E-state index in [4.69, 9.17) is 67.5 Å². The Hall–Kier alpha value is -7.42. The molecular weight excluding hydrogens is 1470 g/mol. The largest absolute Gasteiger partial charge is 1.00 e. The molecule has 0 aliphatic rings. The molecule has 4 N–H and O–H groups in total. The van der Waals surface area contributed by atoms with Crippen LogP contribution in [0.1, 0.15) is 92.4 Å². The van der Waals surface area contributed by atoms with Crippen LogP contribution in [0.5, 0.6) is 0 Å². The molecule has 32 heteroatoms. The number of benzene rings is 6. The Morgan fingerprint density at radius 2 is 0.810 bits per heavy atom. The number of aryl methyl sites for hydroxylation is 3. The number of carboxylic acid groups (broad SMARTS) is 1. The first-order valence-corrected chi connectivity index (χ1v) is 33.9. The summed E-state index contributed by atoms with van der Waals surface area (Å²) in [5.41, 5.74) is 1.52. The first kappa shape index (κ1) is 81.5. The monoisotopic (exact) mass is 1520 g/mol. The molecule has 0 spiro atoms. The van der Waals surface area contributed by atoms with Crippen LogP contribution in [0.25, 0.3) is 49.8 Å². The number of carboxylic acids is 1. The molecule has 0 bridgehead atoms. The van der Waals surface area contributed by atoms with Crippen molar-refractivity contribution < 1.29 is 85.1 Å². The van der Waals surface area contributed by atoms with Crippen molar-refractivity contribution in [2.75, 3.05) is 13.2 Å². The summed E-state index contributed by atoms with van der Waals surface area (Å²) in [6.45, 7) is 11.7. The second kappa shape index (κ2) is 35.9. The third kappa shape index (κ3) is 16.9. The van der Waals surface area contributed by atoms with Crippen molar-refractivity contribution in [3.63, 3.8) is 0 Å². The van der Waals surface area contributed by atoms with Gasteiger partial charge < -0.3 is 30.1 Å². The third-order valence-corrected chi connectivity index (χ3v) is 19.6. The van der Waals surface area contributed by atoms with Gasteiger partial charge in [-0.1, -0.05) is 140 Å². The summed E-state index contributed by atoms with van der Waals surface area (Å²) in [6.07, 6.45) is 14.5. The second-order valence-electron chi connectivity index (χ2n) is 20.8. The van der Waals surface area contributed by atoms with E-state index in [0.717, 1.165) is 61.1 Å². The molecule has 100 heavy (non-hydrogen) atoms. The Bertz CT molecular complexity index is 4950. The number of rotatable bonds is 20. The van der Waals surface area contributed by atoms with Gasteiger partial charge in [0.25, 0.3) is 0 Å². The minimum absolute atomic E-state index is 0. The minimum Gasteiger partial charge on any atom is -0.870 e. The van der Waals surface area contributed by atoms with Gasteiger partial charge in [-0.2, -0.15) is 15.3 Å². The summed E-state index contributed by atoms with van der Waals surface area (Å²) in [6, 6.07) is 22.2. The quantitative estimate of drug-likeness (QED) is 0.0427. The van der Waals surface area contributed by atoms with Crippen molar-refractivity contribution in [1.82, 2.24) is 43.0 Å². The van der Waals surface area contributed by atoms with Crippen LogP contribution in [0.3, 0.4) is 0 Å². The predicted octanol–water partition coefficient (Wildman–Crippen LogP) is 17.0. The molecule has 522 valence electrons. The molecule has 12 rings (SSSR count). The number of aromatic carboxylic acids is 1. The van der Waals surface area contributed by atoms with Gasteiger partial charge in [0.1, 0.15) is 10.3 Å². The molecule has 0 fully saturated rings. The molecule has 0 saturated carbocycles. The van der Waals surface area contributed by atoms with Gasteiger partial charge in [-0.15, -0.1) is 0 Å². The molecule has 0 saturated heterocycles. The third-order valence-electron chi connectivity index (χ3n) is 14.4. The van der Waals surface area contributed by atoms with Crippen molar-refractivity contribution in [2.24, 2.45) is 0 Å². The van der Waals surface area contributed by atoms with E-state index < -0.39 is 58.4 Å². The van der Waals surface area contributed by atoms with Crippen LogP contribution in [-0.4, -0.2) is 90.2 Å². The number of fused-ring (bicyclic) bond motifs is 3. The predicted molar refractivity (Wildman–Crippen MR) is 376 cm³/mol. The van der Waals surface area contributed by atoms with E-state index in [1.54, 1.807) is 106 Å². The summed E-state index contributed by atoms with van der Waals surface area (Å²) in [5.74, 6) is -7.05. The van der Waals surface area contributed by atoms with Gasteiger partial charge in [0, 0.05) is 80.2 Å². The normalized spacial score (nSPS) is 10.9. The van der Waals surface area contributed by atoms with E-state index in [1.165, 1.54) is 63.7 Å². The maximum atomic E-state index is 15.2. The smallest absolute Gasteiger partial charge is 0.870 e. The Balaban J connectivity index is 0.000000232. The zero-order valence-electron chi connectivity index (χ0n) is 53.2. The standard InChI is InChI=1S/C23H19Cl2F2N3O2S.C23H20ClF2N3O2S.C21H15Cl2F2N3O2S.CH4.Li.2H2O/c1-3-10-29-12-13(11-28-29)30-20-15(8-9-16(24)19(20)27)21(22(30)25)33-17-7-5-6-14(18(17)26)23(31)32-4-2;1-3-10-28-12-14(11-27-28)29-13-19(15-8-9-17(24)21(26)22(15)29)32-18-7-5-6-16(20(18)25)23(30)31-4-2;1-2-8-27-10-11(9-26-27)28-18-13(6-7-14(22)17(18)25)19(20(28)23)31-15-5-3-4-12(16(15)24)21(29)30;;;;/h5-9,11-12H,3-4,10H2,1-2H3;5-9,11-13H,3-4,10H2,1-2H3;3-7,9-10H,2,8H2,1H3,(H,29,30);1H4;;2*1H2/q;;;;+1;;/p-1. The Morgan fingerprint density at radius 1 is 0.460 bits per heavy atom. The summed E-state index contributed by atoms with van der Waals surface area (Å²) >= 11 is 34.5. The Kier molecular flexibility index (Phi) is 29.3. The topological polar surface area (TPSA) is 220 Å². The van der Waals surface area contributed by atoms with Gasteiger partial charge in [-0.25, -0.2) is 40.7 Å². The van der Waals surface area contributed by atoms with Crippen LogP contribution in [0.15, 0.2) is 164 Å². The van der Waals surface area contributed by atoms with Gasteiger partial charge in [0.05, 0.1) is 107 Å². The number of hydrogen-bond donors (Lipinski definition) is 1. The van der Waals surface area contributed by atoms with Crippen molar-refractivity contribution in [1.29, 1.82) is 0 Å². The molecule has 6 heterocycles. The molecule has 0 aliphatic heterocycles. The molecule has 12 aromatic rings. The van der Waals surface area contributed by atoms with Gasteiger partial charge in [0.2, 0.25) is 0 Å².